The van der Waals surface area contributed by atoms with Crippen LogP contribution in [0.1, 0.15) is 19.4 Å². The number of nitrogens with two attached hydrogens (primary N) is 1. The van der Waals surface area contributed by atoms with E-state index >= 15 is 0 Å². The summed E-state index contributed by atoms with van der Waals surface area (Å²) in [5, 5.41) is 0. The van der Waals surface area contributed by atoms with Crippen molar-refractivity contribution in [3.05, 3.63) is 17.7 Å². The first-order chi connectivity index (χ1) is 9.21. The highest BCUT2D eigenvalue weighted by atomic mass is 32.2. The van der Waals surface area contributed by atoms with Gasteiger partial charge in [-0.25, -0.2) is 10.8 Å². The summed E-state index contributed by atoms with van der Waals surface area (Å²) in [6.45, 7) is 5.46. The van der Waals surface area contributed by atoms with E-state index in [9.17, 15) is 13.2 Å². The average Bonchev–Trinajstić information content (AvgIpc) is 2.36. The summed E-state index contributed by atoms with van der Waals surface area (Å²) < 4.78 is 38.6. The quantitative estimate of drug-likeness (QED) is 0.650. The molecule has 1 aliphatic heterocycles. The van der Waals surface area contributed by atoms with Gasteiger partial charge >= 0.3 is 6.18 Å². The van der Waals surface area contributed by atoms with Crippen LogP contribution in [0.5, 0.6) is 0 Å². The molecule has 2 rings (SSSR count). The molecule has 8 heteroatoms. The predicted molar refractivity (Wildman–Crippen MR) is 75.8 cm³/mol. The molecular weight excluding hydrogens is 289 g/mol. The van der Waals surface area contributed by atoms with E-state index in [2.05, 4.69) is 24.3 Å². The Balaban J connectivity index is 2.36. The number of nitrogens with one attached hydrogen (secondary N) is 1. The van der Waals surface area contributed by atoms with Crippen LogP contribution in [-0.4, -0.2) is 28.6 Å². The number of rotatable bonds is 2. The maximum absolute atomic E-state index is 12.9. The lowest BCUT2D eigenvalue weighted by Gasteiger charge is -2.38. The van der Waals surface area contributed by atoms with Crippen molar-refractivity contribution in [2.45, 2.75) is 24.8 Å². The second-order valence-corrected chi connectivity index (χ2v) is 7.07. The molecule has 0 bridgehead atoms. The number of hydrazine groups is 1. The van der Waals surface area contributed by atoms with Crippen molar-refractivity contribution in [1.82, 2.24) is 4.98 Å². The van der Waals surface area contributed by atoms with Crippen LogP contribution in [0.2, 0.25) is 0 Å². The highest BCUT2D eigenvalue weighted by Crippen LogP contribution is 2.35. The van der Waals surface area contributed by atoms with Crippen molar-refractivity contribution >= 4 is 23.4 Å². The van der Waals surface area contributed by atoms with Crippen LogP contribution < -0.4 is 16.2 Å². The van der Waals surface area contributed by atoms with E-state index in [4.69, 9.17) is 5.84 Å². The Morgan fingerprint density at radius 2 is 2.10 bits per heavy atom. The molecule has 0 aliphatic carbocycles. The van der Waals surface area contributed by atoms with Crippen molar-refractivity contribution in [2.24, 2.45) is 5.84 Å². The number of alkyl halides is 3. The molecule has 0 amide bonds. The van der Waals surface area contributed by atoms with E-state index < -0.39 is 11.7 Å². The smallest absolute Gasteiger partial charge is 0.354 e. The van der Waals surface area contributed by atoms with Gasteiger partial charge in [-0.3, -0.25) is 0 Å². The van der Waals surface area contributed by atoms with Gasteiger partial charge in [0.1, 0.15) is 11.6 Å². The number of aromatic nitrogens is 1. The van der Waals surface area contributed by atoms with E-state index in [1.54, 1.807) is 11.8 Å². The molecule has 0 unspecified atom stereocenters. The number of nitrogens with zero attached hydrogens (tertiary/aromatic N) is 2. The van der Waals surface area contributed by atoms with E-state index in [0.717, 1.165) is 17.9 Å². The van der Waals surface area contributed by atoms with Crippen molar-refractivity contribution in [3.8, 4) is 0 Å². The summed E-state index contributed by atoms with van der Waals surface area (Å²) in [6, 6.07) is 1.99. The van der Waals surface area contributed by atoms with Gasteiger partial charge in [-0.2, -0.15) is 24.9 Å². The van der Waals surface area contributed by atoms with Gasteiger partial charge < -0.3 is 10.3 Å². The number of anilines is 2. The second-order valence-electron chi connectivity index (χ2n) is 5.27. The molecular formula is C12H17F3N4S. The number of halogens is 3. The lowest BCUT2D eigenvalue weighted by molar-refractivity contribution is -0.137. The standard InChI is InChI=1S/C12H17F3N4S/c1-11(2)7-19(3-4-20-11)10-6-8(12(13,14)15)5-9(17-10)18-16/h5-6H,3-4,7,16H2,1-2H3,(H,17,18). The number of nitrogen functional groups attached to an aromatic ring is 1. The van der Waals surface area contributed by atoms with Crippen molar-refractivity contribution in [1.29, 1.82) is 0 Å². The van der Waals surface area contributed by atoms with E-state index in [-0.39, 0.29) is 10.6 Å². The summed E-state index contributed by atoms with van der Waals surface area (Å²) in [6.07, 6.45) is -4.41. The molecule has 1 aromatic rings. The molecule has 1 aliphatic rings. The second kappa shape index (κ2) is 5.33. The molecule has 0 saturated carbocycles. The molecule has 1 aromatic heterocycles. The third kappa shape index (κ3) is 3.49. The molecule has 0 atom stereocenters. The van der Waals surface area contributed by atoms with Crippen LogP contribution >= 0.6 is 11.8 Å². The maximum atomic E-state index is 12.9. The van der Waals surface area contributed by atoms with Crippen LogP contribution in [0.15, 0.2) is 12.1 Å². The molecule has 4 nitrogen and oxygen atoms in total. The largest absolute Gasteiger partial charge is 0.416 e. The zero-order valence-corrected chi connectivity index (χ0v) is 12.1. The number of pyridine rings is 1. The van der Waals surface area contributed by atoms with Gasteiger partial charge in [0.15, 0.2) is 0 Å². The lowest BCUT2D eigenvalue weighted by atomic mass is 10.1. The summed E-state index contributed by atoms with van der Waals surface area (Å²) in [4.78, 5) is 6.00. The van der Waals surface area contributed by atoms with E-state index in [0.29, 0.717) is 18.9 Å². The average molecular weight is 306 g/mol. The molecule has 20 heavy (non-hydrogen) atoms. The van der Waals surface area contributed by atoms with Gasteiger partial charge in [0, 0.05) is 23.6 Å². The van der Waals surface area contributed by atoms with Gasteiger partial charge in [0.05, 0.1) is 5.56 Å². The van der Waals surface area contributed by atoms with Gasteiger partial charge in [-0.15, -0.1) is 0 Å². The van der Waals surface area contributed by atoms with Crippen LogP contribution in [0.4, 0.5) is 24.8 Å². The normalized spacial score (nSPS) is 19.0. The Bertz CT molecular complexity index is 490. The number of thioether (sulfide) groups is 1. The van der Waals surface area contributed by atoms with E-state index in [1.807, 2.05) is 4.90 Å². The Labute approximate surface area is 119 Å². The first kappa shape index (κ1) is 15.2. The Hall–Kier alpha value is -1.15. The molecule has 2 heterocycles. The molecule has 112 valence electrons. The minimum absolute atomic E-state index is 0.00945. The van der Waals surface area contributed by atoms with Crippen molar-refractivity contribution < 1.29 is 13.2 Å². The summed E-state index contributed by atoms with van der Waals surface area (Å²) >= 11 is 1.81. The Morgan fingerprint density at radius 3 is 2.65 bits per heavy atom. The topological polar surface area (TPSA) is 54.2 Å². The molecule has 1 saturated heterocycles. The van der Waals surface area contributed by atoms with Crippen LogP contribution in [0.3, 0.4) is 0 Å². The van der Waals surface area contributed by atoms with Gasteiger partial charge in [-0.1, -0.05) is 0 Å². The SMILES string of the molecule is CC1(C)CN(c2cc(C(F)(F)F)cc(NN)n2)CCS1. The molecule has 0 radical (unpaired) electrons. The third-order valence-electron chi connectivity index (χ3n) is 3.04. The number of hydrogen-bond acceptors (Lipinski definition) is 5. The van der Waals surface area contributed by atoms with Gasteiger partial charge in [0.25, 0.3) is 0 Å². The monoisotopic (exact) mass is 306 g/mol. The fourth-order valence-electron chi connectivity index (χ4n) is 2.13. The number of hydrogen-bond donors (Lipinski definition) is 2. The maximum Gasteiger partial charge on any atom is 0.416 e. The Morgan fingerprint density at radius 1 is 1.40 bits per heavy atom. The minimum atomic E-state index is -4.41. The van der Waals surface area contributed by atoms with E-state index in [1.165, 1.54) is 0 Å². The summed E-state index contributed by atoms with van der Waals surface area (Å²) in [7, 11) is 0. The van der Waals surface area contributed by atoms with Crippen LogP contribution in [0, 0.1) is 0 Å². The summed E-state index contributed by atoms with van der Waals surface area (Å²) in [5.41, 5.74) is 1.45. The molecule has 1 fully saturated rings. The van der Waals surface area contributed by atoms with Crippen molar-refractivity contribution in [2.75, 3.05) is 29.2 Å². The minimum Gasteiger partial charge on any atom is -0.354 e. The fraction of sp³-hybridized carbons (Fsp3) is 0.583. The highest BCUT2D eigenvalue weighted by Gasteiger charge is 2.33. The zero-order valence-electron chi connectivity index (χ0n) is 11.3. The Kier molecular flexibility index (Phi) is 4.06. The highest BCUT2D eigenvalue weighted by molar-refractivity contribution is 8.00. The first-order valence-electron chi connectivity index (χ1n) is 6.16. The van der Waals surface area contributed by atoms with Crippen LogP contribution in [0.25, 0.3) is 0 Å². The molecule has 0 spiro atoms. The molecule has 0 aromatic carbocycles. The third-order valence-corrected chi connectivity index (χ3v) is 4.33. The first-order valence-corrected chi connectivity index (χ1v) is 7.15. The summed E-state index contributed by atoms with van der Waals surface area (Å²) in [5.74, 6) is 6.39. The van der Waals surface area contributed by atoms with Gasteiger partial charge in [-0.05, 0) is 26.0 Å². The van der Waals surface area contributed by atoms with Crippen LogP contribution in [-0.2, 0) is 6.18 Å². The van der Waals surface area contributed by atoms with Gasteiger partial charge in [0.2, 0.25) is 0 Å². The predicted octanol–water partition coefficient (Wildman–Crippen LogP) is 2.72. The lowest BCUT2D eigenvalue weighted by Crippen LogP contribution is -2.43. The molecule has 3 N–H and O–H groups in total. The zero-order chi connectivity index (χ0) is 15.0. The fourth-order valence-corrected chi connectivity index (χ4v) is 3.24. The van der Waals surface area contributed by atoms with Crippen molar-refractivity contribution in [3.63, 3.8) is 0 Å².